The smallest absolute Gasteiger partial charge is 0.0872 e. The number of rotatable bonds is 5. The van der Waals surface area contributed by atoms with E-state index >= 15 is 0 Å². The van der Waals surface area contributed by atoms with Crippen LogP contribution in [0.25, 0.3) is 0 Å². The zero-order valence-electron chi connectivity index (χ0n) is 7.85. The van der Waals surface area contributed by atoms with Crippen LogP contribution in [0.3, 0.4) is 0 Å². The van der Waals surface area contributed by atoms with Gasteiger partial charge in [-0.25, -0.2) is 0 Å². The van der Waals surface area contributed by atoms with Crippen LogP contribution >= 0.6 is 0 Å². The molecule has 0 bridgehead atoms. The van der Waals surface area contributed by atoms with E-state index in [0.29, 0.717) is 12.8 Å². The molecule has 0 amide bonds. The Morgan fingerprint density at radius 3 is 2.92 bits per heavy atom. The Hall–Kier alpha value is -0.380. The quantitative estimate of drug-likeness (QED) is 0.626. The van der Waals surface area contributed by atoms with Gasteiger partial charge in [0.15, 0.2) is 0 Å². The third-order valence-corrected chi connectivity index (χ3v) is 2.38. The van der Waals surface area contributed by atoms with Crippen LogP contribution in [0, 0.1) is 0 Å². The van der Waals surface area contributed by atoms with Crippen molar-refractivity contribution in [2.75, 3.05) is 6.61 Å². The second-order valence-corrected chi connectivity index (χ2v) is 3.49. The molecule has 0 aromatic heterocycles. The summed E-state index contributed by atoms with van der Waals surface area (Å²) in [6.07, 6.45) is 4.42. The van der Waals surface area contributed by atoms with Gasteiger partial charge in [0.1, 0.15) is 0 Å². The van der Waals surface area contributed by atoms with Crippen molar-refractivity contribution in [3.05, 3.63) is 12.7 Å². The Labute approximate surface area is 79.0 Å². The lowest BCUT2D eigenvalue weighted by Gasteiger charge is -2.12. The van der Waals surface area contributed by atoms with Gasteiger partial charge < -0.3 is 14.9 Å². The summed E-state index contributed by atoms with van der Waals surface area (Å²) >= 11 is 0. The first-order chi connectivity index (χ1) is 6.27. The monoisotopic (exact) mass is 186 g/mol. The largest absolute Gasteiger partial charge is 0.396 e. The van der Waals surface area contributed by atoms with Crippen molar-refractivity contribution < 1.29 is 14.9 Å². The van der Waals surface area contributed by atoms with Crippen molar-refractivity contribution in [1.29, 1.82) is 0 Å². The lowest BCUT2D eigenvalue weighted by atomic mass is 10.1. The molecule has 0 saturated carbocycles. The van der Waals surface area contributed by atoms with Gasteiger partial charge in [-0.15, -0.1) is 6.58 Å². The molecular weight excluding hydrogens is 168 g/mol. The summed E-state index contributed by atoms with van der Waals surface area (Å²) in [5, 5.41) is 18.2. The van der Waals surface area contributed by atoms with E-state index in [0.717, 1.165) is 12.8 Å². The average Bonchev–Trinajstić information content (AvgIpc) is 2.45. The third-order valence-electron chi connectivity index (χ3n) is 2.38. The predicted molar refractivity (Wildman–Crippen MR) is 50.4 cm³/mol. The molecule has 1 fully saturated rings. The molecule has 13 heavy (non-hydrogen) atoms. The fourth-order valence-electron chi connectivity index (χ4n) is 1.70. The zero-order chi connectivity index (χ0) is 9.68. The molecule has 0 aliphatic carbocycles. The molecule has 3 heteroatoms. The Kier molecular flexibility index (Phi) is 4.42. The zero-order valence-corrected chi connectivity index (χ0v) is 7.85. The Balaban J connectivity index is 2.27. The second-order valence-electron chi connectivity index (χ2n) is 3.49. The average molecular weight is 186 g/mol. The van der Waals surface area contributed by atoms with E-state index in [-0.39, 0.29) is 24.9 Å². The number of hydrogen-bond donors (Lipinski definition) is 2. The standard InChI is InChI=1S/C10H18O3/c1-2-4-10-9(12)7-8(13-10)5-3-6-11/h2,8-12H,1,3-7H2/t8-,9+,10-/m0/s1. The van der Waals surface area contributed by atoms with Crippen LogP contribution in [-0.2, 0) is 4.74 Å². The summed E-state index contributed by atoms with van der Waals surface area (Å²) in [4.78, 5) is 0. The van der Waals surface area contributed by atoms with E-state index in [4.69, 9.17) is 9.84 Å². The van der Waals surface area contributed by atoms with Gasteiger partial charge in [-0.2, -0.15) is 0 Å². The van der Waals surface area contributed by atoms with Gasteiger partial charge >= 0.3 is 0 Å². The molecule has 3 atom stereocenters. The molecule has 76 valence electrons. The van der Waals surface area contributed by atoms with E-state index in [1.807, 2.05) is 0 Å². The summed E-state index contributed by atoms with van der Waals surface area (Å²) in [5.74, 6) is 0. The lowest BCUT2D eigenvalue weighted by molar-refractivity contribution is 0.00804. The summed E-state index contributed by atoms with van der Waals surface area (Å²) in [6, 6.07) is 0. The highest BCUT2D eigenvalue weighted by molar-refractivity contribution is 4.86. The van der Waals surface area contributed by atoms with Crippen LogP contribution < -0.4 is 0 Å². The normalized spacial score (nSPS) is 33.5. The van der Waals surface area contributed by atoms with Crippen LogP contribution in [0.4, 0.5) is 0 Å². The van der Waals surface area contributed by atoms with Crippen molar-refractivity contribution in [2.24, 2.45) is 0 Å². The molecule has 2 N–H and O–H groups in total. The van der Waals surface area contributed by atoms with Crippen LogP contribution in [0.1, 0.15) is 25.7 Å². The van der Waals surface area contributed by atoms with Gasteiger partial charge in [0.2, 0.25) is 0 Å². The highest BCUT2D eigenvalue weighted by Crippen LogP contribution is 2.25. The van der Waals surface area contributed by atoms with Crippen LogP contribution in [-0.4, -0.2) is 35.1 Å². The maximum absolute atomic E-state index is 9.55. The molecule has 1 heterocycles. The van der Waals surface area contributed by atoms with E-state index < -0.39 is 0 Å². The number of aliphatic hydroxyl groups is 2. The van der Waals surface area contributed by atoms with Gasteiger partial charge in [-0.05, 0) is 19.3 Å². The molecule has 0 aromatic rings. The summed E-state index contributed by atoms with van der Waals surface area (Å²) < 4.78 is 5.58. The first-order valence-corrected chi connectivity index (χ1v) is 4.83. The Morgan fingerprint density at radius 2 is 2.31 bits per heavy atom. The van der Waals surface area contributed by atoms with Crippen molar-refractivity contribution in [2.45, 2.75) is 44.0 Å². The first-order valence-electron chi connectivity index (χ1n) is 4.83. The third kappa shape index (κ3) is 3.10. The SMILES string of the molecule is C=CC[C@@H]1O[C@@H](CCCO)C[C@H]1O. The molecule has 0 aromatic carbocycles. The number of aliphatic hydroxyl groups excluding tert-OH is 2. The highest BCUT2D eigenvalue weighted by Gasteiger charge is 2.32. The molecule has 1 aliphatic rings. The number of ether oxygens (including phenoxy) is 1. The van der Waals surface area contributed by atoms with E-state index in [1.165, 1.54) is 0 Å². The maximum Gasteiger partial charge on any atom is 0.0872 e. The molecule has 0 radical (unpaired) electrons. The van der Waals surface area contributed by atoms with E-state index in [9.17, 15) is 5.11 Å². The van der Waals surface area contributed by atoms with Gasteiger partial charge in [0.05, 0.1) is 18.3 Å². The maximum atomic E-state index is 9.55. The van der Waals surface area contributed by atoms with Crippen molar-refractivity contribution in [3.63, 3.8) is 0 Å². The van der Waals surface area contributed by atoms with Crippen molar-refractivity contribution in [3.8, 4) is 0 Å². The molecule has 0 spiro atoms. The molecule has 3 nitrogen and oxygen atoms in total. The lowest BCUT2D eigenvalue weighted by Crippen LogP contribution is -2.19. The highest BCUT2D eigenvalue weighted by atomic mass is 16.5. The van der Waals surface area contributed by atoms with E-state index in [1.54, 1.807) is 6.08 Å². The molecule has 1 rings (SSSR count). The molecule has 0 unspecified atom stereocenters. The minimum absolute atomic E-state index is 0.0822. The van der Waals surface area contributed by atoms with Gasteiger partial charge in [0, 0.05) is 13.0 Å². The van der Waals surface area contributed by atoms with Crippen LogP contribution in [0.15, 0.2) is 12.7 Å². The number of hydrogen-bond acceptors (Lipinski definition) is 3. The van der Waals surface area contributed by atoms with Crippen LogP contribution in [0.5, 0.6) is 0 Å². The summed E-state index contributed by atoms with van der Waals surface area (Å²) in [5.41, 5.74) is 0. The van der Waals surface area contributed by atoms with Gasteiger partial charge in [0.25, 0.3) is 0 Å². The summed E-state index contributed by atoms with van der Waals surface area (Å²) in [7, 11) is 0. The minimum atomic E-state index is -0.360. The fraction of sp³-hybridized carbons (Fsp3) is 0.800. The van der Waals surface area contributed by atoms with E-state index in [2.05, 4.69) is 6.58 Å². The molecule has 1 saturated heterocycles. The second kappa shape index (κ2) is 5.37. The van der Waals surface area contributed by atoms with Crippen molar-refractivity contribution >= 4 is 0 Å². The topological polar surface area (TPSA) is 49.7 Å². The first kappa shape index (κ1) is 10.7. The minimum Gasteiger partial charge on any atom is -0.396 e. The Bertz CT molecular complexity index is 158. The fourth-order valence-corrected chi connectivity index (χ4v) is 1.70. The van der Waals surface area contributed by atoms with Gasteiger partial charge in [-0.1, -0.05) is 6.08 Å². The van der Waals surface area contributed by atoms with Crippen molar-refractivity contribution in [1.82, 2.24) is 0 Å². The van der Waals surface area contributed by atoms with Crippen LogP contribution in [0.2, 0.25) is 0 Å². The Morgan fingerprint density at radius 1 is 1.54 bits per heavy atom. The predicted octanol–water partition coefficient (Wildman–Crippen LogP) is 0.853. The molecular formula is C10H18O3. The molecule has 1 aliphatic heterocycles. The summed E-state index contributed by atoms with van der Waals surface area (Å²) in [6.45, 7) is 3.81. The van der Waals surface area contributed by atoms with Gasteiger partial charge in [-0.3, -0.25) is 0 Å².